The molecule has 1 unspecified atom stereocenters. The number of alkyl halides is 3. The molecule has 6 heteroatoms. The van der Waals surface area contributed by atoms with E-state index in [1.807, 2.05) is 52.0 Å². The van der Waals surface area contributed by atoms with Gasteiger partial charge in [-0.15, -0.1) is 18.9 Å². The summed E-state index contributed by atoms with van der Waals surface area (Å²) in [7, 11) is 0. The monoisotopic (exact) mass is 520 g/mol. The van der Waals surface area contributed by atoms with Gasteiger partial charge in [0.15, 0.2) is 5.78 Å². The number of likely N-dealkylation sites (tertiary alicyclic amines) is 1. The number of rotatable bonds is 8. The van der Waals surface area contributed by atoms with Crippen molar-refractivity contribution in [2.45, 2.75) is 87.8 Å². The van der Waals surface area contributed by atoms with Gasteiger partial charge in [-0.25, -0.2) is 0 Å². The first kappa shape index (κ1) is 36.5. The van der Waals surface area contributed by atoms with Gasteiger partial charge in [0.2, 0.25) is 0 Å². The molecule has 0 amide bonds. The fraction of sp³-hybridized carbons (Fsp3) is 0.548. The minimum Gasteiger partial charge on any atom is -0.296 e. The van der Waals surface area contributed by atoms with Gasteiger partial charge in [0.05, 0.1) is 11.4 Å². The highest BCUT2D eigenvalue weighted by atomic mass is 19.4. The van der Waals surface area contributed by atoms with Crippen molar-refractivity contribution in [3.63, 3.8) is 0 Å². The molecule has 1 saturated heterocycles. The average molecular weight is 521 g/mol. The van der Waals surface area contributed by atoms with E-state index >= 15 is 0 Å². The molecule has 1 atom stereocenters. The molecule has 0 aromatic carbocycles. The first-order valence-corrected chi connectivity index (χ1v) is 12.7. The Bertz CT molecular complexity index is 917. The Kier molecular flexibility index (Phi) is 19.2. The maximum Gasteiger partial charge on any atom is 0.412 e. The quantitative estimate of drug-likeness (QED) is 0.139. The summed E-state index contributed by atoms with van der Waals surface area (Å²) in [4.78, 5) is 18.3. The third-order valence-corrected chi connectivity index (χ3v) is 5.24. The molecule has 0 aliphatic carbocycles. The van der Waals surface area contributed by atoms with Crippen LogP contribution < -0.4 is 0 Å². The van der Waals surface area contributed by atoms with E-state index in [1.54, 1.807) is 20.8 Å². The van der Waals surface area contributed by atoms with Gasteiger partial charge in [-0.3, -0.25) is 14.7 Å². The van der Waals surface area contributed by atoms with Gasteiger partial charge in [-0.2, -0.15) is 13.2 Å². The van der Waals surface area contributed by atoms with Crippen LogP contribution in [0.5, 0.6) is 0 Å². The van der Waals surface area contributed by atoms with Crippen LogP contribution in [0.3, 0.4) is 0 Å². The molecule has 1 heterocycles. The van der Waals surface area contributed by atoms with Crippen molar-refractivity contribution in [2.75, 3.05) is 19.6 Å². The second-order valence-electron chi connectivity index (χ2n) is 9.59. The molecule has 1 aliphatic heterocycles. The zero-order chi connectivity index (χ0) is 29.2. The highest BCUT2D eigenvalue weighted by Gasteiger charge is 2.33. The largest absolute Gasteiger partial charge is 0.412 e. The van der Waals surface area contributed by atoms with Crippen molar-refractivity contribution in [2.24, 2.45) is 10.9 Å². The Labute approximate surface area is 224 Å². The highest BCUT2D eigenvalue weighted by molar-refractivity contribution is 6.38. The molecular weight excluding hydrogens is 473 g/mol. The van der Waals surface area contributed by atoms with E-state index in [-0.39, 0.29) is 17.8 Å². The SMILES string of the molecule is C#CC1CCN(C\C(N=C(C)C(C)=O)=C(C)/C=C\C=C/C)C1.C=C(C)C.CCCC(=C(C)C)C(F)(F)F. The van der Waals surface area contributed by atoms with Crippen LogP contribution >= 0.6 is 0 Å². The van der Waals surface area contributed by atoms with E-state index in [2.05, 4.69) is 22.4 Å². The van der Waals surface area contributed by atoms with Gasteiger partial charge in [-0.1, -0.05) is 48.8 Å². The minimum atomic E-state index is -4.13. The Hall–Kier alpha value is -2.65. The number of Topliss-reactive ketones (excluding diaryl/α,β-unsaturated/α-hetero) is 1. The van der Waals surface area contributed by atoms with Gasteiger partial charge in [0.25, 0.3) is 0 Å². The van der Waals surface area contributed by atoms with Crippen LogP contribution in [0.4, 0.5) is 13.2 Å². The molecule has 1 aliphatic rings. The minimum absolute atomic E-state index is 0.00524. The van der Waals surface area contributed by atoms with Crippen molar-refractivity contribution in [1.82, 2.24) is 4.90 Å². The number of carbonyl (C=O) groups is 1. The Balaban J connectivity index is 0. The molecule has 3 nitrogen and oxygen atoms in total. The molecule has 208 valence electrons. The third-order valence-electron chi connectivity index (χ3n) is 5.24. The molecular formula is C31H47F3N2O. The standard InChI is InChI=1S/C19H26N2O.C8H13F3.C4H8/c1-6-8-9-10-15(3)19(20-16(4)17(5)22)14-21-12-11-18(7-2)13-21;1-4-5-7(6(2)3)8(9,10)11;1-4(2)3/h2,6,8-10,18H,11-14H2,1,3-5H3;4-5H2,1-3H3;1H2,2-3H3/b8-6-,10-9-,19-15+,20-16?;;. The lowest BCUT2D eigenvalue weighted by atomic mass is 10.1. The zero-order valence-corrected chi connectivity index (χ0v) is 24.4. The fourth-order valence-corrected chi connectivity index (χ4v) is 3.19. The Morgan fingerprint density at radius 1 is 1.14 bits per heavy atom. The number of nitrogens with zero attached hydrogens (tertiary/aromatic N) is 2. The first-order chi connectivity index (χ1) is 17.1. The normalized spacial score (nSPS) is 16.8. The van der Waals surface area contributed by atoms with Crippen molar-refractivity contribution in [3.05, 3.63) is 58.9 Å². The summed E-state index contributed by atoms with van der Waals surface area (Å²) in [5.74, 6) is 3.16. The summed E-state index contributed by atoms with van der Waals surface area (Å²) in [5, 5.41) is 0. The summed E-state index contributed by atoms with van der Waals surface area (Å²) < 4.78 is 36.3. The Morgan fingerprint density at radius 3 is 2.05 bits per heavy atom. The summed E-state index contributed by atoms with van der Waals surface area (Å²) >= 11 is 0. The van der Waals surface area contributed by atoms with Gasteiger partial charge < -0.3 is 0 Å². The van der Waals surface area contributed by atoms with E-state index < -0.39 is 6.18 Å². The summed E-state index contributed by atoms with van der Waals surface area (Å²) in [5.41, 5.74) is 3.72. The van der Waals surface area contributed by atoms with E-state index in [4.69, 9.17) is 6.42 Å². The fourth-order valence-electron chi connectivity index (χ4n) is 3.19. The van der Waals surface area contributed by atoms with Crippen molar-refractivity contribution in [3.8, 4) is 12.3 Å². The van der Waals surface area contributed by atoms with Gasteiger partial charge in [-0.05, 0) is 73.4 Å². The molecule has 1 rings (SSSR count). The van der Waals surface area contributed by atoms with Gasteiger partial charge in [0.1, 0.15) is 0 Å². The molecule has 0 aromatic heterocycles. The lowest BCUT2D eigenvalue weighted by Gasteiger charge is -2.17. The molecule has 0 radical (unpaired) electrons. The molecule has 0 N–H and O–H groups in total. The van der Waals surface area contributed by atoms with Gasteiger partial charge in [0, 0.05) is 31.5 Å². The number of aliphatic imine (C=N–C) groups is 1. The molecule has 37 heavy (non-hydrogen) atoms. The zero-order valence-electron chi connectivity index (χ0n) is 24.4. The molecule has 1 fully saturated rings. The topological polar surface area (TPSA) is 32.7 Å². The first-order valence-electron chi connectivity index (χ1n) is 12.7. The van der Waals surface area contributed by atoms with Crippen LogP contribution in [-0.2, 0) is 4.79 Å². The van der Waals surface area contributed by atoms with E-state index in [0.717, 1.165) is 37.3 Å². The van der Waals surface area contributed by atoms with E-state index in [1.165, 1.54) is 19.4 Å². The van der Waals surface area contributed by atoms with Gasteiger partial charge >= 0.3 is 6.18 Å². The number of hydrogen-bond donors (Lipinski definition) is 0. The Morgan fingerprint density at radius 2 is 1.70 bits per heavy atom. The van der Waals surface area contributed by atoms with Crippen molar-refractivity contribution in [1.29, 1.82) is 0 Å². The second-order valence-corrected chi connectivity index (χ2v) is 9.59. The molecule has 0 bridgehead atoms. The molecule has 0 aromatic rings. The van der Waals surface area contributed by atoms with Crippen LogP contribution in [0.2, 0.25) is 0 Å². The molecule has 0 spiro atoms. The van der Waals surface area contributed by atoms with Crippen molar-refractivity contribution < 1.29 is 18.0 Å². The lowest BCUT2D eigenvalue weighted by Crippen LogP contribution is -2.24. The second kappa shape index (κ2) is 19.5. The maximum absolute atomic E-state index is 12.1. The summed E-state index contributed by atoms with van der Waals surface area (Å²) in [6.07, 6.45) is 11.1. The van der Waals surface area contributed by atoms with Crippen LogP contribution in [-0.4, -0.2) is 42.2 Å². The lowest BCUT2D eigenvalue weighted by molar-refractivity contribution is -0.111. The summed E-state index contributed by atoms with van der Waals surface area (Å²) in [6.45, 7) is 22.2. The number of ketones is 1. The van der Waals surface area contributed by atoms with Crippen LogP contribution in [0.15, 0.2) is 63.9 Å². The van der Waals surface area contributed by atoms with Crippen LogP contribution in [0.25, 0.3) is 0 Å². The number of terminal acetylenes is 1. The number of halogens is 3. The average Bonchev–Trinajstić information content (AvgIpc) is 3.23. The van der Waals surface area contributed by atoms with Crippen molar-refractivity contribution >= 4 is 11.5 Å². The number of carbonyl (C=O) groups excluding carboxylic acids is 1. The predicted molar refractivity (Wildman–Crippen MR) is 154 cm³/mol. The van der Waals surface area contributed by atoms with E-state index in [0.29, 0.717) is 23.6 Å². The third kappa shape index (κ3) is 18.3. The number of hydrogen-bond acceptors (Lipinski definition) is 3. The van der Waals surface area contributed by atoms with Crippen LogP contribution in [0.1, 0.15) is 81.6 Å². The van der Waals surface area contributed by atoms with Crippen LogP contribution in [0, 0.1) is 18.3 Å². The summed E-state index contributed by atoms with van der Waals surface area (Å²) in [6, 6.07) is 0. The molecule has 0 saturated carbocycles. The smallest absolute Gasteiger partial charge is 0.296 e. The van der Waals surface area contributed by atoms with E-state index in [9.17, 15) is 18.0 Å². The number of allylic oxidation sites excluding steroid dienone is 8. The highest BCUT2D eigenvalue weighted by Crippen LogP contribution is 2.31. The predicted octanol–water partition coefficient (Wildman–Crippen LogP) is 8.67. The maximum atomic E-state index is 12.1.